The van der Waals surface area contributed by atoms with E-state index in [2.05, 4.69) is 98.5 Å². The van der Waals surface area contributed by atoms with Gasteiger partial charge in [0.25, 0.3) is 0 Å². The number of aryl methyl sites for hydroxylation is 3. The van der Waals surface area contributed by atoms with Crippen molar-refractivity contribution >= 4 is 0 Å². The molecule has 1 N–H and O–H groups in total. The maximum Gasteiger partial charge on any atom is 0.0981 e. The van der Waals surface area contributed by atoms with Gasteiger partial charge in [-0.05, 0) is 59.1 Å². The Hall–Kier alpha value is -2.42. The van der Waals surface area contributed by atoms with Gasteiger partial charge in [0, 0.05) is 13.1 Å². The van der Waals surface area contributed by atoms with E-state index < -0.39 is 5.54 Å². The molecule has 1 saturated heterocycles. The van der Waals surface area contributed by atoms with Crippen LogP contribution in [0.2, 0.25) is 0 Å². The maximum atomic E-state index is 10.6. The summed E-state index contributed by atoms with van der Waals surface area (Å²) in [6.45, 7) is 8.32. The molecule has 0 spiro atoms. The van der Waals surface area contributed by atoms with E-state index in [0.717, 1.165) is 32.2 Å². The topological polar surface area (TPSA) is 23.5 Å². The highest BCUT2D eigenvalue weighted by molar-refractivity contribution is 5.57. The molecule has 2 nitrogen and oxygen atoms in total. The lowest BCUT2D eigenvalue weighted by molar-refractivity contribution is 0.140. The summed E-state index contributed by atoms with van der Waals surface area (Å²) >= 11 is 0. The summed E-state index contributed by atoms with van der Waals surface area (Å²) < 4.78 is 0. The zero-order chi connectivity index (χ0) is 21.8. The van der Waals surface area contributed by atoms with E-state index in [1.807, 2.05) is 0 Å². The van der Waals surface area contributed by atoms with Crippen LogP contribution in [-0.2, 0) is 24.8 Å². The third-order valence-electron chi connectivity index (χ3n) is 7.00. The van der Waals surface area contributed by atoms with Crippen molar-refractivity contribution in [3.63, 3.8) is 0 Å². The molecule has 0 amide bonds. The Balaban J connectivity index is 2.16. The number of likely N-dealkylation sites (tertiary alicyclic amines) is 1. The third-order valence-corrected chi connectivity index (χ3v) is 7.00. The van der Waals surface area contributed by atoms with Crippen LogP contribution in [0.3, 0.4) is 0 Å². The molecule has 3 aromatic rings. The zero-order valence-electron chi connectivity index (χ0n) is 19.1. The van der Waals surface area contributed by atoms with Gasteiger partial charge in [0.2, 0.25) is 0 Å². The Labute approximate surface area is 187 Å². The minimum Gasteiger partial charge on any atom is -0.392 e. The van der Waals surface area contributed by atoms with E-state index in [4.69, 9.17) is 0 Å². The summed E-state index contributed by atoms with van der Waals surface area (Å²) in [5, 5.41) is 10.6. The summed E-state index contributed by atoms with van der Waals surface area (Å²) in [6, 6.07) is 26.8. The summed E-state index contributed by atoms with van der Waals surface area (Å²) in [6.07, 6.45) is 3.49. The molecule has 0 bridgehead atoms. The SMILES string of the molecule is CCc1ccccc1C(c1ccccc1CC)(c1ccccc1CC)N1CCC(O)C1. The van der Waals surface area contributed by atoms with Crippen LogP contribution in [0, 0.1) is 0 Å². The Bertz CT molecular complexity index is 909. The quantitative estimate of drug-likeness (QED) is 0.500. The van der Waals surface area contributed by atoms with Crippen LogP contribution < -0.4 is 0 Å². The van der Waals surface area contributed by atoms with Crippen LogP contribution in [0.25, 0.3) is 0 Å². The normalized spacial score (nSPS) is 17.2. The molecule has 4 rings (SSSR count). The number of aliphatic hydroxyl groups is 1. The average molecular weight is 414 g/mol. The van der Waals surface area contributed by atoms with Crippen LogP contribution >= 0.6 is 0 Å². The van der Waals surface area contributed by atoms with Gasteiger partial charge < -0.3 is 5.11 Å². The lowest BCUT2D eigenvalue weighted by Crippen LogP contribution is -2.49. The second-order valence-electron chi connectivity index (χ2n) is 8.63. The van der Waals surface area contributed by atoms with Crippen molar-refractivity contribution in [1.82, 2.24) is 4.90 Å². The molecular formula is C29H35NO. The highest BCUT2D eigenvalue weighted by atomic mass is 16.3. The summed E-state index contributed by atoms with van der Waals surface area (Å²) in [4.78, 5) is 2.55. The molecule has 1 fully saturated rings. The molecule has 0 radical (unpaired) electrons. The van der Waals surface area contributed by atoms with Crippen LogP contribution in [0.1, 0.15) is 60.6 Å². The first-order valence-corrected chi connectivity index (χ1v) is 11.8. The van der Waals surface area contributed by atoms with Gasteiger partial charge in [0.15, 0.2) is 0 Å². The molecule has 1 aliphatic rings. The fraction of sp³-hybridized carbons (Fsp3) is 0.379. The number of nitrogens with zero attached hydrogens (tertiary/aromatic N) is 1. The van der Waals surface area contributed by atoms with Crippen molar-refractivity contribution in [1.29, 1.82) is 0 Å². The van der Waals surface area contributed by atoms with E-state index in [-0.39, 0.29) is 6.10 Å². The van der Waals surface area contributed by atoms with Crippen molar-refractivity contribution in [3.05, 3.63) is 106 Å². The number of rotatable bonds is 7. The first-order valence-electron chi connectivity index (χ1n) is 11.8. The van der Waals surface area contributed by atoms with E-state index in [0.29, 0.717) is 6.54 Å². The third kappa shape index (κ3) is 3.73. The molecule has 1 unspecified atom stereocenters. The monoisotopic (exact) mass is 413 g/mol. The molecule has 162 valence electrons. The highest BCUT2D eigenvalue weighted by Gasteiger charge is 2.47. The highest BCUT2D eigenvalue weighted by Crippen LogP contribution is 2.48. The van der Waals surface area contributed by atoms with E-state index >= 15 is 0 Å². The fourth-order valence-corrected chi connectivity index (χ4v) is 5.54. The molecule has 0 aliphatic carbocycles. The van der Waals surface area contributed by atoms with Gasteiger partial charge in [-0.25, -0.2) is 0 Å². The summed E-state index contributed by atoms with van der Waals surface area (Å²) in [7, 11) is 0. The van der Waals surface area contributed by atoms with Crippen LogP contribution in [-0.4, -0.2) is 29.2 Å². The predicted molar refractivity (Wildman–Crippen MR) is 130 cm³/mol. The number of hydrogen-bond acceptors (Lipinski definition) is 2. The molecule has 1 aliphatic heterocycles. The smallest absolute Gasteiger partial charge is 0.0981 e. The van der Waals surface area contributed by atoms with Crippen LogP contribution in [0.5, 0.6) is 0 Å². The van der Waals surface area contributed by atoms with Crippen molar-refractivity contribution in [2.75, 3.05) is 13.1 Å². The van der Waals surface area contributed by atoms with Gasteiger partial charge >= 0.3 is 0 Å². The Morgan fingerprint density at radius 2 is 1.10 bits per heavy atom. The molecule has 1 heterocycles. The zero-order valence-corrected chi connectivity index (χ0v) is 19.1. The van der Waals surface area contributed by atoms with Gasteiger partial charge in [0.05, 0.1) is 11.6 Å². The number of benzene rings is 3. The Morgan fingerprint density at radius 3 is 1.42 bits per heavy atom. The molecule has 31 heavy (non-hydrogen) atoms. The van der Waals surface area contributed by atoms with Crippen molar-refractivity contribution in [2.24, 2.45) is 0 Å². The minimum atomic E-state index is -0.413. The van der Waals surface area contributed by atoms with E-state index in [1.54, 1.807) is 0 Å². The molecular weight excluding hydrogens is 378 g/mol. The lowest BCUT2D eigenvalue weighted by Gasteiger charge is -2.46. The first-order chi connectivity index (χ1) is 15.2. The molecule has 1 atom stereocenters. The van der Waals surface area contributed by atoms with E-state index in [9.17, 15) is 5.11 Å². The molecule has 0 saturated carbocycles. The molecule has 0 aromatic heterocycles. The number of hydrogen-bond donors (Lipinski definition) is 1. The first kappa shape index (κ1) is 21.8. The van der Waals surface area contributed by atoms with Crippen LogP contribution in [0.15, 0.2) is 72.8 Å². The van der Waals surface area contributed by atoms with Gasteiger partial charge in [-0.15, -0.1) is 0 Å². The largest absolute Gasteiger partial charge is 0.392 e. The van der Waals surface area contributed by atoms with Crippen molar-refractivity contribution in [3.8, 4) is 0 Å². The van der Waals surface area contributed by atoms with E-state index in [1.165, 1.54) is 33.4 Å². The number of β-amino-alcohol motifs (C(OH)–C–C–N with tert-alkyl or cyclic N) is 1. The second-order valence-corrected chi connectivity index (χ2v) is 8.63. The fourth-order valence-electron chi connectivity index (χ4n) is 5.54. The summed E-state index contributed by atoms with van der Waals surface area (Å²) in [5.41, 5.74) is 7.78. The van der Waals surface area contributed by atoms with Gasteiger partial charge in [-0.3, -0.25) is 4.90 Å². The van der Waals surface area contributed by atoms with Crippen molar-refractivity contribution < 1.29 is 5.11 Å². The summed E-state index contributed by atoms with van der Waals surface area (Å²) in [5.74, 6) is 0. The standard InChI is InChI=1S/C29H35NO/c1-4-22-13-7-10-16-26(22)29(30-20-19-25(31)21-30,27-17-11-8-14-23(27)5-2)28-18-12-9-15-24(28)6-3/h7-18,25,31H,4-6,19-21H2,1-3H3. The predicted octanol–water partition coefficient (Wildman–Crippen LogP) is 5.73. The Kier molecular flexibility index (Phi) is 6.60. The Morgan fingerprint density at radius 1 is 0.710 bits per heavy atom. The average Bonchev–Trinajstić information content (AvgIpc) is 3.27. The van der Waals surface area contributed by atoms with Gasteiger partial charge in [0.1, 0.15) is 0 Å². The van der Waals surface area contributed by atoms with Crippen molar-refractivity contribution in [2.45, 2.75) is 58.1 Å². The number of aliphatic hydroxyl groups excluding tert-OH is 1. The second kappa shape index (κ2) is 9.38. The lowest BCUT2D eigenvalue weighted by atomic mass is 9.70. The van der Waals surface area contributed by atoms with Crippen LogP contribution in [0.4, 0.5) is 0 Å². The molecule has 3 aromatic carbocycles. The maximum absolute atomic E-state index is 10.6. The van der Waals surface area contributed by atoms with Gasteiger partial charge in [-0.1, -0.05) is 93.6 Å². The minimum absolute atomic E-state index is 0.282. The van der Waals surface area contributed by atoms with Gasteiger partial charge in [-0.2, -0.15) is 0 Å². The molecule has 2 heteroatoms.